The lowest BCUT2D eigenvalue weighted by Gasteiger charge is -2.31. The Kier molecular flexibility index (Phi) is 4.74. The van der Waals surface area contributed by atoms with E-state index < -0.39 is 11.9 Å². The van der Waals surface area contributed by atoms with Crippen molar-refractivity contribution in [3.05, 3.63) is 90.5 Å². The van der Waals surface area contributed by atoms with Gasteiger partial charge in [0.15, 0.2) is 0 Å². The molecule has 180 valence electrons. The molecule has 2 aromatic heterocycles. The first-order valence-electron chi connectivity index (χ1n) is 12.5. The molecule has 2 fully saturated rings. The van der Waals surface area contributed by atoms with Crippen molar-refractivity contribution in [1.29, 1.82) is 0 Å². The molecule has 2 amide bonds. The zero-order chi connectivity index (χ0) is 24.4. The van der Waals surface area contributed by atoms with E-state index in [1.807, 2.05) is 58.1 Å². The molecule has 0 spiro atoms. The lowest BCUT2D eigenvalue weighted by atomic mass is 10.1. The van der Waals surface area contributed by atoms with Crippen LogP contribution in [-0.4, -0.2) is 27.4 Å². The zero-order valence-electron chi connectivity index (χ0n) is 19.6. The minimum atomic E-state index is -0.840. The van der Waals surface area contributed by atoms with Crippen molar-refractivity contribution in [1.82, 2.24) is 9.55 Å². The second-order valence-corrected chi connectivity index (χ2v) is 10.1. The molecular formula is C29H25FN4O2. The second-order valence-electron chi connectivity index (χ2n) is 10.1. The number of nitrogens with zero attached hydrogens (tertiary/aromatic N) is 4. The topological polar surface area (TPSA) is 58.4 Å². The molecule has 3 aliphatic rings. The minimum Gasteiger partial charge on any atom is -0.337 e. The second kappa shape index (κ2) is 8.01. The highest BCUT2D eigenvalue weighted by Crippen LogP contribution is 2.55. The van der Waals surface area contributed by atoms with E-state index >= 15 is 0 Å². The van der Waals surface area contributed by atoms with Crippen molar-refractivity contribution in [3.63, 3.8) is 0 Å². The normalized spacial score (nSPS) is 24.1. The van der Waals surface area contributed by atoms with Crippen LogP contribution in [0.15, 0.2) is 79.1 Å². The van der Waals surface area contributed by atoms with Crippen molar-refractivity contribution in [2.45, 2.75) is 37.9 Å². The zero-order valence-corrected chi connectivity index (χ0v) is 19.6. The summed E-state index contributed by atoms with van der Waals surface area (Å²) < 4.78 is 16.2. The molecular weight excluding hydrogens is 455 g/mol. The molecule has 7 rings (SSSR count). The fourth-order valence-corrected chi connectivity index (χ4v) is 6.29. The van der Waals surface area contributed by atoms with E-state index in [4.69, 9.17) is 0 Å². The SMILES string of the molecule is O=C1C(N(C(=O)Cn2ccc3ncccc32)c2cccc(F)c2)c2ccccc2N1C1CC2CC2C1. The smallest absolute Gasteiger partial charge is 0.255 e. The average Bonchev–Trinajstić information content (AvgIpc) is 3.19. The third kappa shape index (κ3) is 3.33. The Hall–Kier alpha value is -4.00. The van der Waals surface area contributed by atoms with Crippen molar-refractivity contribution in [2.75, 3.05) is 9.80 Å². The Morgan fingerprint density at radius 2 is 1.83 bits per heavy atom. The minimum absolute atomic E-state index is 0.00519. The first kappa shape index (κ1) is 21.3. The van der Waals surface area contributed by atoms with Crippen molar-refractivity contribution < 1.29 is 14.0 Å². The molecule has 3 heterocycles. The van der Waals surface area contributed by atoms with Crippen LogP contribution in [-0.2, 0) is 16.1 Å². The number of hydrogen-bond acceptors (Lipinski definition) is 3. The van der Waals surface area contributed by atoms with Gasteiger partial charge in [0, 0.05) is 35.4 Å². The molecule has 2 saturated carbocycles. The summed E-state index contributed by atoms with van der Waals surface area (Å²) in [7, 11) is 0. The Labute approximate surface area is 208 Å². The van der Waals surface area contributed by atoms with E-state index in [0.717, 1.165) is 35.1 Å². The molecule has 6 nitrogen and oxygen atoms in total. The maximum Gasteiger partial charge on any atom is 0.255 e. The van der Waals surface area contributed by atoms with Gasteiger partial charge in [-0.25, -0.2) is 4.39 Å². The molecule has 0 N–H and O–H groups in total. The summed E-state index contributed by atoms with van der Waals surface area (Å²) in [5.41, 5.74) is 3.65. The number of carbonyl (C=O) groups is 2. The monoisotopic (exact) mass is 480 g/mol. The van der Waals surface area contributed by atoms with E-state index in [2.05, 4.69) is 4.98 Å². The highest BCUT2D eigenvalue weighted by atomic mass is 19.1. The molecule has 36 heavy (non-hydrogen) atoms. The lowest BCUT2D eigenvalue weighted by molar-refractivity contribution is -0.125. The highest BCUT2D eigenvalue weighted by Gasteiger charge is 2.53. The number of hydrogen-bond donors (Lipinski definition) is 0. The van der Waals surface area contributed by atoms with Gasteiger partial charge in [-0.15, -0.1) is 0 Å². The standard InChI is InChI=1S/C29H25FN4O2/c30-20-5-3-6-21(16-20)34(27(35)17-32-12-10-24-26(32)9-4-11-31-24)28-23-7-1-2-8-25(23)33(29(28)36)22-14-18-13-19(18)15-22/h1-12,16,18-19,22,28H,13-15,17H2. The summed E-state index contributed by atoms with van der Waals surface area (Å²) in [5, 5.41) is 0. The summed E-state index contributed by atoms with van der Waals surface area (Å²) in [6.07, 6.45) is 6.81. The molecule has 0 saturated heterocycles. The predicted molar refractivity (Wildman–Crippen MR) is 135 cm³/mol. The molecule has 1 aliphatic heterocycles. The number of fused-ring (bicyclic) bond motifs is 3. The predicted octanol–water partition coefficient (Wildman–Crippen LogP) is 5.10. The number of halogens is 1. The average molecular weight is 481 g/mol. The van der Waals surface area contributed by atoms with Gasteiger partial charge in [-0.1, -0.05) is 24.3 Å². The number of amides is 2. The summed E-state index contributed by atoms with van der Waals surface area (Å²) in [5.74, 6) is 0.578. The number of carbonyl (C=O) groups excluding carboxylic acids is 2. The van der Waals surface area contributed by atoms with Crippen molar-refractivity contribution >= 4 is 34.2 Å². The number of anilines is 2. The van der Waals surface area contributed by atoms with Crippen LogP contribution in [0.25, 0.3) is 11.0 Å². The van der Waals surface area contributed by atoms with Crippen LogP contribution in [0.4, 0.5) is 15.8 Å². The van der Waals surface area contributed by atoms with Gasteiger partial charge in [0.2, 0.25) is 5.91 Å². The van der Waals surface area contributed by atoms with E-state index in [-0.39, 0.29) is 24.4 Å². The summed E-state index contributed by atoms with van der Waals surface area (Å²) >= 11 is 0. The Morgan fingerprint density at radius 1 is 1.00 bits per heavy atom. The van der Waals surface area contributed by atoms with E-state index in [1.165, 1.54) is 23.5 Å². The van der Waals surface area contributed by atoms with Crippen LogP contribution in [0.5, 0.6) is 0 Å². The van der Waals surface area contributed by atoms with Gasteiger partial charge in [-0.05, 0) is 73.6 Å². The number of para-hydroxylation sites is 1. The largest absolute Gasteiger partial charge is 0.337 e. The number of aromatic nitrogens is 2. The highest BCUT2D eigenvalue weighted by molar-refractivity contribution is 6.11. The lowest BCUT2D eigenvalue weighted by Crippen LogP contribution is -2.45. The molecule has 0 bridgehead atoms. The summed E-state index contributed by atoms with van der Waals surface area (Å²) in [6.45, 7) is 0.00519. The fourth-order valence-electron chi connectivity index (χ4n) is 6.29. The third-order valence-corrected chi connectivity index (χ3v) is 8.00. The quantitative estimate of drug-likeness (QED) is 0.400. The number of pyridine rings is 1. The molecule has 3 unspecified atom stereocenters. The Bertz CT molecular complexity index is 1500. The Balaban J connectivity index is 1.31. The molecule has 2 aliphatic carbocycles. The van der Waals surface area contributed by atoms with E-state index in [0.29, 0.717) is 17.5 Å². The van der Waals surface area contributed by atoms with Crippen LogP contribution in [0, 0.1) is 17.7 Å². The molecule has 7 heteroatoms. The maximum absolute atomic E-state index is 14.4. The van der Waals surface area contributed by atoms with Gasteiger partial charge < -0.3 is 9.47 Å². The maximum atomic E-state index is 14.4. The van der Waals surface area contributed by atoms with Gasteiger partial charge in [0.1, 0.15) is 18.4 Å². The van der Waals surface area contributed by atoms with Gasteiger partial charge >= 0.3 is 0 Å². The first-order valence-corrected chi connectivity index (χ1v) is 12.5. The Morgan fingerprint density at radius 3 is 2.67 bits per heavy atom. The number of benzene rings is 2. The van der Waals surface area contributed by atoms with Crippen LogP contribution >= 0.6 is 0 Å². The van der Waals surface area contributed by atoms with Crippen molar-refractivity contribution in [3.8, 4) is 0 Å². The first-order chi connectivity index (χ1) is 17.6. The van der Waals surface area contributed by atoms with E-state index in [1.54, 1.807) is 18.3 Å². The molecule has 4 aromatic rings. The summed E-state index contributed by atoms with van der Waals surface area (Å²) in [4.78, 5) is 35.9. The molecule has 0 radical (unpaired) electrons. The molecule has 2 aromatic carbocycles. The summed E-state index contributed by atoms with van der Waals surface area (Å²) in [6, 6.07) is 18.6. The van der Waals surface area contributed by atoms with E-state index in [9.17, 15) is 14.0 Å². The van der Waals surface area contributed by atoms with Crippen LogP contribution in [0.3, 0.4) is 0 Å². The van der Waals surface area contributed by atoms with Gasteiger partial charge in [0.05, 0.1) is 11.0 Å². The molecule has 3 atom stereocenters. The van der Waals surface area contributed by atoms with Crippen LogP contribution < -0.4 is 9.80 Å². The van der Waals surface area contributed by atoms with Crippen LogP contribution in [0.1, 0.15) is 30.9 Å². The van der Waals surface area contributed by atoms with Crippen molar-refractivity contribution in [2.24, 2.45) is 11.8 Å². The third-order valence-electron chi connectivity index (χ3n) is 8.00. The van der Waals surface area contributed by atoms with Gasteiger partial charge in [-0.2, -0.15) is 0 Å². The van der Waals surface area contributed by atoms with Gasteiger partial charge in [0.25, 0.3) is 5.91 Å². The number of rotatable bonds is 5. The fraction of sp³-hybridized carbons (Fsp3) is 0.276. The van der Waals surface area contributed by atoms with Crippen LogP contribution in [0.2, 0.25) is 0 Å². The van der Waals surface area contributed by atoms with Gasteiger partial charge in [-0.3, -0.25) is 19.5 Å².